The Hall–Kier alpha value is -2.40. The SMILES string of the molecule is CN1CC[C@]23c4c5ccc(CO)c4O[C@H]2c2ncc(-c4ccc(Cl)cc4)cc2C[C@@]3(C)C1C5. The summed E-state index contributed by atoms with van der Waals surface area (Å²) < 4.78 is 6.83. The number of rotatable bonds is 2. The maximum Gasteiger partial charge on any atom is 0.151 e. The number of aromatic nitrogens is 1. The zero-order chi connectivity index (χ0) is 22.5. The van der Waals surface area contributed by atoms with Gasteiger partial charge in [0.15, 0.2) is 6.10 Å². The third kappa shape index (κ3) is 2.37. The van der Waals surface area contributed by atoms with Crippen LogP contribution in [0.1, 0.15) is 47.4 Å². The van der Waals surface area contributed by atoms with E-state index in [1.54, 1.807) is 0 Å². The summed E-state index contributed by atoms with van der Waals surface area (Å²) in [6.07, 6.45) is 4.93. The number of likely N-dealkylation sites (tertiary alicyclic amines) is 1. The van der Waals surface area contributed by atoms with Gasteiger partial charge < -0.3 is 14.7 Å². The Kier molecular flexibility index (Phi) is 4.00. The van der Waals surface area contributed by atoms with Crippen molar-refractivity contribution in [3.05, 3.63) is 81.6 Å². The molecule has 33 heavy (non-hydrogen) atoms. The third-order valence-electron chi connectivity index (χ3n) is 9.17. The fourth-order valence-corrected chi connectivity index (χ4v) is 7.73. The van der Waals surface area contributed by atoms with Crippen LogP contribution in [0.3, 0.4) is 0 Å². The van der Waals surface area contributed by atoms with Gasteiger partial charge in [0.05, 0.1) is 17.7 Å². The number of ether oxygens (including phenoxy) is 1. The van der Waals surface area contributed by atoms with Crippen molar-refractivity contribution in [1.82, 2.24) is 9.88 Å². The van der Waals surface area contributed by atoms with Gasteiger partial charge in [0.1, 0.15) is 5.75 Å². The Balaban J connectivity index is 1.46. The van der Waals surface area contributed by atoms with Gasteiger partial charge in [-0.15, -0.1) is 0 Å². The highest BCUT2D eigenvalue weighted by molar-refractivity contribution is 6.30. The molecule has 1 unspecified atom stereocenters. The molecule has 0 radical (unpaired) electrons. The van der Waals surface area contributed by atoms with E-state index in [0.717, 1.165) is 59.0 Å². The number of benzene rings is 2. The molecule has 1 fully saturated rings. The maximum atomic E-state index is 10.1. The molecule has 2 bridgehead atoms. The second kappa shape index (κ2) is 6.59. The summed E-state index contributed by atoms with van der Waals surface area (Å²) in [6, 6.07) is 15.0. The van der Waals surface area contributed by atoms with Crippen LogP contribution in [0, 0.1) is 5.41 Å². The minimum Gasteiger partial charge on any atom is -0.482 e. The van der Waals surface area contributed by atoms with Crippen LogP contribution in [-0.4, -0.2) is 34.6 Å². The topological polar surface area (TPSA) is 45.6 Å². The molecule has 3 aromatic rings. The van der Waals surface area contributed by atoms with Gasteiger partial charge in [-0.3, -0.25) is 4.98 Å². The molecule has 4 aliphatic rings. The predicted octanol–water partition coefficient (Wildman–Crippen LogP) is 5.09. The lowest BCUT2D eigenvalue weighted by Gasteiger charge is -2.64. The summed E-state index contributed by atoms with van der Waals surface area (Å²) in [5, 5.41) is 10.8. The first-order valence-corrected chi connectivity index (χ1v) is 12.2. The van der Waals surface area contributed by atoms with Gasteiger partial charge in [-0.2, -0.15) is 0 Å². The van der Waals surface area contributed by atoms with Crippen molar-refractivity contribution < 1.29 is 9.84 Å². The number of piperidine rings is 1. The zero-order valence-corrected chi connectivity index (χ0v) is 19.7. The van der Waals surface area contributed by atoms with E-state index in [1.807, 2.05) is 18.3 Å². The van der Waals surface area contributed by atoms with Crippen LogP contribution >= 0.6 is 11.6 Å². The molecular weight excluding hydrogens is 432 g/mol. The Morgan fingerprint density at radius 1 is 1.15 bits per heavy atom. The Labute approximate surface area is 199 Å². The molecule has 4 nitrogen and oxygen atoms in total. The number of likely N-dealkylation sites (N-methyl/N-ethyl adjacent to an activating group) is 1. The molecule has 2 aliphatic carbocycles. The first kappa shape index (κ1) is 20.0. The molecule has 1 aromatic heterocycles. The van der Waals surface area contributed by atoms with Crippen molar-refractivity contribution in [3.63, 3.8) is 0 Å². The van der Waals surface area contributed by atoms with Crippen molar-refractivity contribution in [2.75, 3.05) is 13.6 Å². The number of aliphatic hydroxyl groups excluding tert-OH is 1. The van der Waals surface area contributed by atoms with Gasteiger partial charge in [0.2, 0.25) is 0 Å². The molecule has 168 valence electrons. The van der Waals surface area contributed by atoms with Gasteiger partial charge in [0, 0.05) is 39.4 Å². The Morgan fingerprint density at radius 3 is 2.76 bits per heavy atom. The van der Waals surface area contributed by atoms with Crippen LogP contribution in [-0.2, 0) is 24.9 Å². The molecule has 0 saturated carbocycles. The summed E-state index contributed by atoms with van der Waals surface area (Å²) in [4.78, 5) is 7.61. The van der Waals surface area contributed by atoms with Crippen LogP contribution in [0.25, 0.3) is 11.1 Å². The lowest BCUT2D eigenvalue weighted by molar-refractivity contribution is -0.0911. The zero-order valence-electron chi connectivity index (χ0n) is 18.9. The maximum absolute atomic E-state index is 10.1. The van der Waals surface area contributed by atoms with E-state index in [2.05, 4.69) is 49.2 Å². The number of fused-ring (bicyclic) bond motifs is 2. The highest BCUT2D eigenvalue weighted by Crippen LogP contribution is 2.70. The number of hydrogen-bond donors (Lipinski definition) is 1. The first-order chi connectivity index (χ1) is 16.0. The molecule has 2 aliphatic heterocycles. The van der Waals surface area contributed by atoms with Crippen LogP contribution in [0.15, 0.2) is 48.7 Å². The number of aliphatic hydroxyl groups is 1. The highest BCUT2D eigenvalue weighted by Gasteiger charge is 2.70. The quantitative estimate of drug-likeness (QED) is 0.581. The van der Waals surface area contributed by atoms with Crippen LogP contribution in [0.5, 0.6) is 5.75 Å². The minimum absolute atomic E-state index is 0.00124. The standard InChI is InChI=1S/C28H27ClN2O2/c1-27-13-19-11-20(16-5-7-21(29)8-6-16)14-30-24(19)26-28(27)9-10-31(2)22(27)12-17-3-4-18(15-32)25(33-26)23(17)28/h3-8,11,14,22,26,32H,9-10,12-13,15H2,1-2H3/t22?,26-,27-,28-/m0/s1. The number of halogens is 1. The van der Waals surface area contributed by atoms with E-state index in [4.69, 9.17) is 21.3 Å². The van der Waals surface area contributed by atoms with Gasteiger partial charge in [0.25, 0.3) is 0 Å². The number of nitrogens with zero attached hydrogens (tertiary/aromatic N) is 2. The van der Waals surface area contributed by atoms with E-state index >= 15 is 0 Å². The molecule has 1 saturated heterocycles. The van der Waals surface area contributed by atoms with Crippen molar-refractivity contribution >= 4 is 11.6 Å². The molecule has 0 amide bonds. The number of hydrogen-bond acceptors (Lipinski definition) is 4. The van der Waals surface area contributed by atoms with Gasteiger partial charge in [-0.25, -0.2) is 0 Å². The van der Waals surface area contributed by atoms with Crippen molar-refractivity contribution in [1.29, 1.82) is 0 Å². The number of pyridine rings is 1. The molecule has 3 heterocycles. The van der Waals surface area contributed by atoms with E-state index < -0.39 is 0 Å². The van der Waals surface area contributed by atoms with Crippen LogP contribution in [0.2, 0.25) is 5.02 Å². The van der Waals surface area contributed by atoms with Gasteiger partial charge in [-0.05, 0) is 67.7 Å². The predicted molar refractivity (Wildman–Crippen MR) is 129 cm³/mol. The molecule has 7 rings (SSSR count). The van der Waals surface area contributed by atoms with E-state index in [9.17, 15) is 5.11 Å². The van der Waals surface area contributed by atoms with Gasteiger partial charge >= 0.3 is 0 Å². The minimum atomic E-state index is -0.108. The second-order valence-corrected chi connectivity index (χ2v) is 11.0. The largest absolute Gasteiger partial charge is 0.482 e. The summed E-state index contributed by atoms with van der Waals surface area (Å²) in [5.74, 6) is 0.922. The normalized spacial score (nSPS) is 31.0. The smallest absolute Gasteiger partial charge is 0.151 e. The average molecular weight is 459 g/mol. The van der Waals surface area contributed by atoms with E-state index in [-0.39, 0.29) is 23.5 Å². The van der Waals surface area contributed by atoms with Crippen molar-refractivity contribution in [2.24, 2.45) is 5.41 Å². The summed E-state index contributed by atoms with van der Waals surface area (Å²) >= 11 is 6.12. The Bertz CT molecular complexity index is 1310. The average Bonchev–Trinajstić information content (AvgIpc) is 3.17. The van der Waals surface area contributed by atoms with Gasteiger partial charge in [-0.1, -0.05) is 42.8 Å². The summed E-state index contributed by atoms with van der Waals surface area (Å²) in [5.41, 5.74) is 8.18. The fourth-order valence-electron chi connectivity index (χ4n) is 7.60. The molecule has 4 atom stereocenters. The molecule has 1 N–H and O–H groups in total. The second-order valence-electron chi connectivity index (χ2n) is 10.5. The van der Waals surface area contributed by atoms with E-state index in [0.29, 0.717) is 6.04 Å². The van der Waals surface area contributed by atoms with Crippen molar-refractivity contribution in [3.8, 4) is 16.9 Å². The molecule has 2 aromatic carbocycles. The molecular formula is C28H27ClN2O2. The van der Waals surface area contributed by atoms with Crippen molar-refractivity contribution in [2.45, 2.75) is 50.4 Å². The Morgan fingerprint density at radius 2 is 1.97 bits per heavy atom. The summed E-state index contributed by atoms with van der Waals surface area (Å²) in [6.45, 7) is 3.53. The lowest BCUT2D eigenvalue weighted by atomic mass is 9.44. The monoisotopic (exact) mass is 458 g/mol. The van der Waals surface area contributed by atoms with Crippen LogP contribution in [0.4, 0.5) is 0 Å². The summed E-state index contributed by atoms with van der Waals surface area (Å²) in [7, 11) is 2.28. The molecule has 5 heteroatoms. The third-order valence-corrected chi connectivity index (χ3v) is 9.42. The fraction of sp³-hybridized carbons (Fsp3) is 0.393. The molecule has 1 spiro atoms. The highest BCUT2D eigenvalue weighted by atomic mass is 35.5. The van der Waals surface area contributed by atoms with Crippen LogP contribution < -0.4 is 4.74 Å². The first-order valence-electron chi connectivity index (χ1n) is 11.8. The lowest BCUT2D eigenvalue weighted by Crippen LogP contribution is -2.68. The van der Waals surface area contributed by atoms with E-state index in [1.165, 1.54) is 16.7 Å².